The zero-order valence-electron chi connectivity index (χ0n) is 20.7. The number of carbonyl (C=O) groups excluding carboxylic acids is 2. The standard InChI is InChI=1S/C28H36N4O3/c1-19-13-24(29-20(2)33)16-32(19)25-7-8-27-22(14-25)10-12-31(28(27)35)18-26(34)17-30-11-9-21-5-3-4-6-23(21)15-30/h3-8,14,19,24,26,34H,9-13,15-18H2,1-2H3,(H,29,33). The molecule has 1 saturated heterocycles. The zero-order valence-corrected chi connectivity index (χ0v) is 20.7. The van der Waals surface area contributed by atoms with Crippen molar-refractivity contribution in [1.29, 1.82) is 0 Å². The molecule has 7 heteroatoms. The lowest BCUT2D eigenvalue weighted by atomic mass is 9.97. The number of rotatable bonds is 6. The molecule has 2 aromatic carbocycles. The summed E-state index contributed by atoms with van der Waals surface area (Å²) in [4.78, 5) is 31.1. The molecular weight excluding hydrogens is 440 g/mol. The first-order valence-corrected chi connectivity index (χ1v) is 12.8. The fourth-order valence-corrected chi connectivity index (χ4v) is 5.98. The first-order chi connectivity index (χ1) is 16.9. The summed E-state index contributed by atoms with van der Waals surface area (Å²) in [5.74, 6) is 0.0129. The number of benzene rings is 2. The number of aliphatic hydroxyl groups is 1. The molecule has 0 radical (unpaired) electrons. The first-order valence-electron chi connectivity index (χ1n) is 12.8. The van der Waals surface area contributed by atoms with Gasteiger partial charge in [0.1, 0.15) is 0 Å². The minimum atomic E-state index is -0.568. The van der Waals surface area contributed by atoms with Gasteiger partial charge in [-0.1, -0.05) is 24.3 Å². The predicted octanol–water partition coefficient (Wildman–Crippen LogP) is 2.21. The van der Waals surface area contributed by atoms with E-state index in [1.54, 1.807) is 11.8 Å². The van der Waals surface area contributed by atoms with E-state index in [9.17, 15) is 14.7 Å². The number of nitrogens with zero attached hydrogens (tertiary/aromatic N) is 3. The van der Waals surface area contributed by atoms with Gasteiger partial charge in [-0.05, 0) is 61.1 Å². The van der Waals surface area contributed by atoms with Crippen LogP contribution in [0.2, 0.25) is 0 Å². The van der Waals surface area contributed by atoms with Crippen LogP contribution in [0.25, 0.3) is 0 Å². The number of anilines is 1. The molecule has 3 heterocycles. The fourth-order valence-electron chi connectivity index (χ4n) is 5.98. The van der Waals surface area contributed by atoms with Crippen LogP contribution in [0.4, 0.5) is 5.69 Å². The fraction of sp³-hybridized carbons (Fsp3) is 0.500. The lowest BCUT2D eigenvalue weighted by molar-refractivity contribution is -0.119. The third kappa shape index (κ3) is 5.21. The third-order valence-electron chi connectivity index (χ3n) is 7.68. The van der Waals surface area contributed by atoms with Crippen LogP contribution in [0.5, 0.6) is 0 Å². The Bertz CT molecular complexity index is 1100. The summed E-state index contributed by atoms with van der Waals surface area (Å²) in [6, 6.07) is 15.1. The quantitative estimate of drug-likeness (QED) is 0.669. The van der Waals surface area contributed by atoms with Gasteiger partial charge in [0, 0.05) is 69.5 Å². The van der Waals surface area contributed by atoms with E-state index >= 15 is 0 Å². The molecule has 0 aliphatic carbocycles. The van der Waals surface area contributed by atoms with Crippen LogP contribution >= 0.6 is 0 Å². The van der Waals surface area contributed by atoms with Crippen LogP contribution in [0.3, 0.4) is 0 Å². The van der Waals surface area contributed by atoms with Gasteiger partial charge < -0.3 is 20.2 Å². The van der Waals surface area contributed by atoms with E-state index in [0.717, 1.165) is 55.7 Å². The SMILES string of the molecule is CC(=O)NC1CC(C)N(c2ccc3c(c2)CCN(CC(O)CN2CCc4ccccc4C2)C3=O)C1. The molecular formula is C28H36N4O3. The Morgan fingerprint density at radius 2 is 1.86 bits per heavy atom. The smallest absolute Gasteiger partial charge is 0.254 e. The van der Waals surface area contributed by atoms with Gasteiger partial charge in [-0.2, -0.15) is 0 Å². The molecule has 2 aromatic rings. The zero-order chi connectivity index (χ0) is 24.5. The molecule has 0 spiro atoms. The van der Waals surface area contributed by atoms with Gasteiger partial charge in [-0.25, -0.2) is 0 Å². The van der Waals surface area contributed by atoms with E-state index in [1.165, 1.54) is 11.1 Å². The lowest BCUT2D eigenvalue weighted by Crippen LogP contribution is -2.46. The molecule has 186 valence electrons. The normalized spacial score (nSPS) is 23.1. The number of amides is 2. The Morgan fingerprint density at radius 3 is 2.66 bits per heavy atom. The maximum absolute atomic E-state index is 13.2. The van der Waals surface area contributed by atoms with Crippen LogP contribution in [-0.2, 0) is 24.2 Å². The van der Waals surface area contributed by atoms with E-state index in [2.05, 4.69) is 52.4 Å². The Morgan fingerprint density at radius 1 is 1.09 bits per heavy atom. The summed E-state index contributed by atoms with van der Waals surface area (Å²) in [6.45, 7) is 7.87. The van der Waals surface area contributed by atoms with Gasteiger partial charge >= 0.3 is 0 Å². The van der Waals surface area contributed by atoms with Crippen molar-refractivity contribution in [3.63, 3.8) is 0 Å². The topological polar surface area (TPSA) is 76.1 Å². The summed E-state index contributed by atoms with van der Waals surface area (Å²) >= 11 is 0. The average Bonchev–Trinajstić information content (AvgIpc) is 3.19. The van der Waals surface area contributed by atoms with Gasteiger partial charge in [-0.15, -0.1) is 0 Å². The van der Waals surface area contributed by atoms with E-state index in [1.807, 2.05) is 12.1 Å². The highest BCUT2D eigenvalue weighted by molar-refractivity contribution is 5.97. The number of nitrogens with one attached hydrogen (secondary N) is 1. The van der Waals surface area contributed by atoms with Gasteiger partial charge in [0.05, 0.1) is 6.10 Å². The molecule has 35 heavy (non-hydrogen) atoms. The number of fused-ring (bicyclic) bond motifs is 2. The number of hydrogen-bond acceptors (Lipinski definition) is 5. The summed E-state index contributed by atoms with van der Waals surface area (Å²) < 4.78 is 0. The number of aliphatic hydroxyl groups excluding tert-OH is 1. The summed E-state index contributed by atoms with van der Waals surface area (Å²) in [7, 11) is 0. The van der Waals surface area contributed by atoms with Crippen molar-refractivity contribution in [3.8, 4) is 0 Å². The molecule has 7 nitrogen and oxygen atoms in total. The number of hydrogen-bond donors (Lipinski definition) is 2. The van der Waals surface area contributed by atoms with Crippen molar-refractivity contribution in [1.82, 2.24) is 15.1 Å². The van der Waals surface area contributed by atoms with Crippen LogP contribution in [0, 0.1) is 0 Å². The lowest BCUT2D eigenvalue weighted by Gasteiger charge is -2.34. The summed E-state index contributed by atoms with van der Waals surface area (Å²) in [5, 5.41) is 13.8. The number of carbonyl (C=O) groups is 2. The van der Waals surface area contributed by atoms with Crippen molar-refractivity contribution in [2.24, 2.45) is 0 Å². The Balaban J connectivity index is 1.19. The highest BCUT2D eigenvalue weighted by Gasteiger charge is 2.32. The van der Waals surface area contributed by atoms with E-state index in [4.69, 9.17) is 0 Å². The molecule has 0 bridgehead atoms. The third-order valence-corrected chi connectivity index (χ3v) is 7.68. The van der Waals surface area contributed by atoms with E-state index in [0.29, 0.717) is 25.7 Å². The Hall–Kier alpha value is -2.90. The largest absolute Gasteiger partial charge is 0.390 e. The van der Waals surface area contributed by atoms with Crippen molar-refractivity contribution < 1.29 is 14.7 Å². The molecule has 3 unspecified atom stereocenters. The maximum atomic E-state index is 13.2. The minimum Gasteiger partial charge on any atom is -0.390 e. The highest BCUT2D eigenvalue weighted by atomic mass is 16.3. The average molecular weight is 477 g/mol. The predicted molar refractivity (Wildman–Crippen MR) is 137 cm³/mol. The monoisotopic (exact) mass is 476 g/mol. The van der Waals surface area contributed by atoms with Crippen LogP contribution < -0.4 is 10.2 Å². The molecule has 5 rings (SSSR count). The van der Waals surface area contributed by atoms with Gasteiger partial charge in [0.25, 0.3) is 5.91 Å². The molecule has 0 aromatic heterocycles. The molecule has 0 saturated carbocycles. The minimum absolute atomic E-state index is 0.00596. The first kappa shape index (κ1) is 23.8. The van der Waals surface area contributed by atoms with E-state index < -0.39 is 6.10 Å². The Labute approximate surface area is 207 Å². The van der Waals surface area contributed by atoms with Crippen molar-refractivity contribution >= 4 is 17.5 Å². The summed E-state index contributed by atoms with van der Waals surface area (Å²) in [5.41, 5.74) is 5.65. The van der Waals surface area contributed by atoms with Crippen molar-refractivity contribution in [2.45, 2.75) is 57.8 Å². The van der Waals surface area contributed by atoms with Crippen LogP contribution in [-0.4, -0.2) is 77.6 Å². The number of β-amino-alcohol motifs (C(OH)–C–C–N with tert-alkyl or cyclic N) is 1. The van der Waals surface area contributed by atoms with Gasteiger partial charge in [0.15, 0.2) is 0 Å². The molecule has 2 amide bonds. The Kier molecular flexibility index (Phi) is 6.80. The summed E-state index contributed by atoms with van der Waals surface area (Å²) in [6.07, 6.45) is 2.14. The van der Waals surface area contributed by atoms with Crippen LogP contribution in [0.1, 0.15) is 47.3 Å². The second-order valence-corrected chi connectivity index (χ2v) is 10.4. The second-order valence-electron chi connectivity index (χ2n) is 10.4. The maximum Gasteiger partial charge on any atom is 0.254 e. The van der Waals surface area contributed by atoms with E-state index in [-0.39, 0.29) is 17.9 Å². The van der Waals surface area contributed by atoms with Crippen molar-refractivity contribution in [2.75, 3.05) is 37.6 Å². The molecule has 3 aliphatic rings. The highest BCUT2D eigenvalue weighted by Crippen LogP contribution is 2.30. The molecule has 3 atom stereocenters. The second kappa shape index (κ2) is 9.99. The van der Waals surface area contributed by atoms with Crippen LogP contribution in [0.15, 0.2) is 42.5 Å². The molecule has 2 N–H and O–H groups in total. The molecule has 3 aliphatic heterocycles. The molecule has 1 fully saturated rings. The van der Waals surface area contributed by atoms with Crippen molar-refractivity contribution in [3.05, 3.63) is 64.7 Å². The van der Waals surface area contributed by atoms with Gasteiger partial charge in [-0.3, -0.25) is 14.5 Å². The van der Waals surface area contributed by atoms with Gasteiger partial charge in [0.2, 0.25) is 5.91 Å².